The minimum Gasteiger partial charge on any atom is -0.383 e. The molecule has 4 heteroatoms. The Morgan fingerprint density at radius 2 is 1.95 bits per heavy atom. The number of hydrogen-bond acceptors (Lipinski definition) is 3. The van der Waals surface area contributed by atoms with Crippen molar-refractivity contribution < 1.29 is 4.74 Å². The van der Waals surface area contributed by atoms with Crippen LogP contribution in [0.1, 0.15) is 24.3 Å². The Hall–Kier alpha value is -0.420. The lowest BCUT2D eigenvalue weighted by atomic mass is 9.76. The van der Waals surface area contributed by atoms with Crippen molar-refractivity contribution in [3.8, 4) is 0 Å². The normalized spacial score (nSPS) is 22.0. The van der Waals surface area contributed by atoms with Crippen molar-refractivity contribution in [2.45, 2.75) is 24.8 Å². The minimum atomic E-state index is 0.694. The third kappa shape index (κ3) is 4.85. The van der Waals surface area contributed by atoms with Crippen LogP contribution < -0.4 is 5.32 Å². The molecule has 0 saturated heterocycles. The summed E-state index contributed by atoms with van der Waals surface area (Å²) in [4.78, 5) is 2.31. The van der Waals surface area contributed by atoms with Crippen molar-refractivity contribution in [1.29, 1.82) is 0 Å². The topological polar surface area (TPSA) is 24.5 Å². The van der Waals surface area contributed by atoms with Gasteiger partial charge in [0.2, 0.25) is 0 Å². The van der Waals surface area contributed by atoms with Gasteiger partial charge in [0.05, 0.1) is 6.61 Å². The van der Waals surface area contributed by atoms with E-state index in [-0.39, 0.29) is 0 Å². The maximum atomic E-state index is 5.08. The molecule has 0 radical (unpaired) electrons. The smallest absolute Gasteiger partial charge is 0.0589 e. The van der Waals surface area contributed by atoms with Crippen LogP contribution in [0.25, 0.3) is 0 Å². The van der Waals surface area contributed by atoms with E-state index in [2.05, 4.69) is 57.5 Å². The summed E-state index contributed by atoms with van der Waals surface area (Å²) < 4.78 is 6.24. The van der Waals surface area contributed by atoms with Gasteiger partial charge in [-0.15, -0.1) is 0 Å². The summed E-state index contributed by atoms with van der Waals surface area (Å²) >= 11 is 3.49. The van der Waals surface area contributed by atoms with Crippen molar-refractivity contribution in [2.24, 2.45) is 0 Å². The highest BCUT2D eigenvalue weighted by Crippen LogP contribution is 2.37. The van der Waals surface area contributed by atoms with E-state index in [0.29, 0.717) is 6.04 Å². The fourth-order valence-corrected chi connectivity index (χ4v) is 2.87. The lowest BCUT2D eigenvalue weighted by molar-refractivity contribution is 0.159. The number of nitrogens with one attached hydrogen (secondary N) is 1. The zero-order valence-corrected chi connectivity index (χ0v) is 14.0. The highest BCUT2D eigenvalue weighted by molar-refractivity contribution is 9.10. The summed E-state index contributed by atoms with van der Waals surface area (Å²) in [5.41, 5.74) is 1.48. The second-order valence-electron chi connectivity index (χ2n) is 5.67. The standard InChI is InChI=1S/C16H25BrN2O/c1-19(9-10-20-2)8-7-18-16-11-14(12-16)13-3-5-15(17)6-4-13/h3-6,14,16,18H,7-12H2,1-2H3. The predicted octanol–water partition coefficient (Wildman–Crippen LogP) is 2.86. The number of rotatable bonds is 8. The minimum absolute atomic E-state index is 0.694. The van der Waals surface area contributed by atoms with Crippen LogP contribution in [0, 0.1) is 0 Å². The number of nitrogens with zero attached hydrogens (tertiary/aromatic N) is 1. The molecule has 0 spiro atoms. The van der Waals surface area contributed by atoms with E-state index in [1.807, 2.05) is 0 Å². The van der Waals surface area contributed by atoms with Gasteiger partial charge in [-0.05, 0) is 43.5 Å². The van der Waals surface area contributed by atoms with E-state index in [0.717, 1.165) is 36.6 Å². The van der Waals surface area contributed by atoms with E-state index >= 15 is 0 Å². The molecule has 1 saturated carbocycles. The number of ether oxygens (including phenoxy) is 1. The molecule has 1 aromatic rings. The van der Waals surface area contributed by atoms with Crippen molar-refractivity contribution in [3.63, 3.8) is 0 Å². The largest absolute Gasteiger partial charge is 0.383 e. The van der Waals surface area contributed by atoms with E-state index in [1.165, 1.54) is 18.4 Å². The highest BCUT2D eigenvalue weighted by Gasteiger charge is 2.29. The molecule has 0 heterocycles. The van der Waals surface area contributed by atoms with Gasteiger partial charge in [0.25, 0.3) is 0 Å². The van der Waals surface area contributed by atoms with Crippen LogP contribution in [0.5, 0.6) is 0 Å². The Morgan fingerprint density at radius 1 is 1.25 bits per heavy atom. The summed E-state index contributed by atoms with van der Waals surface area (Å²) in [5.74, 6) is 0.742. The molecule has 1 aliphatic carbocycles. The van der Waals surface area contributed by atoms with Crippen molar-refractivity contribution in [1.82, 2.24) is 10.2 Å². The molecular weight excluding hydrogens is 316 g/mol. The Kier molecular flexibility index (Phi) is 6.49. The average molecular weight is 341 g/mol. The molecule has 0 amide bonds. The molecule has 0 unspecified atom stereocenters. The first kappa shape index (κ1) is 16.0. The molecule has 1 fully saturated rings. The first-order chi connectivity index (χ1) is 9.69. The zero-order valence-electron chi connectivity index (χ0n) is 12.4. The van der Waals surface area contributed by atoms with Crippen LogP contribution in [-0.4, -0.2) is 51.3 Å². The van der Waals surface area contributed by atoms with Gasteiger partial charge in [-0.25, -0.2) is 0 Å². The first-order valence-electron chi connectivity index (χ1n) is 7.35. The van der Waals surface area contributed by atoms with Crippen LogP contribution in [0.2, 0.25) is 0 Å². The van der Waals surface area contributed by atoms with Gasteiger partial charge in [0.1, 0.15) is 0 Å². The second kappa shape index (κ2) is 8.13. The highest BCUT2D eigenvalue weighted by atomic mass is 79.9. The summed E-state index contributed by atoms with van der Waals surface area (Å²) in [6.45, 7) is 3.97. The Morgan fingerprint density at radius 3 is 2.60 bits per heavy atom. The molecular formula is C16H25BrN2O. The third-order valence-electron chi connectivity index (χ3n) is 4.08. The number of benzene rings is 1. The maximum Gasteiger partial charge on any atom is 0.0589 e. The lowest BCUT2D eigenvalue weighted by Gasteiger charge is -2.36. The van der Waals surface area contributed by atoms with E-state index in [1.54, 1.807) is 7.11 Å². The molecule has 2 rings (SSSR count). The molecule has 1 aliphatic rings. The average Bonchev–Trinajstić information content (AvgIpc) is 2.40. The van der Waals surface area contributed by atoms with Gasteiger partial charge in [-0.1, -0.05) is 28.1 Å². The number of hydrogen-bond donors (Lipinski definition) is 1. The molecule has 112 valence electrons. The van der Waals surface area contributed by atoms with E-state index < -0.39 is 0 Å². The van der Waals surface area contributed by atoms with Crippen molar-refractivity contribution in [3.05, 3.63) is 34.3 Å². The number of methoxy groups -OCH3 is 1. The predicted molar refractivity (Wildman–Crippen MR) is 87.3 cm³/mol. The molecule has 0 bridgehead atoms. The van der Waals surface area contributed by atoms with Gasteiger partial charge in [-0.3, -0.25) is 0 Å². The second-order valence-corrected chi connectivity index (χ2v) is 6.58. The Labute approximate surface area is 130 Å². The van der Waals surface area contributed by atoms with Crippen molar-refractivity contribution in [2.75, 3.05) is 40.4 Å². The van der Waals surface area contributed by atoms with Gasteiger partial charge in [0, 0.05) is 37.3 Å². The molecule has 3 nitrogen and oxygen atoms in total. The van der Waals surface area contributed by atoms with Crippen molar-refractivity contribution >= 4 is 15.9 Å². The lowest BCUT2D eigenvalue weighted by Crippen LogP contribution is -2.43. The summed E-state index contributed by atoms with van der Waals surface area (Å²) in [6.07, 6.45) is 2.53. The van der Waals surface area contributed by atoms with E-state index in [4.69, 9.17) is 4.74 Å². The zero-order chi connectivity index (χ0) is 14.4. The fourth-order valence-electron chi connectivity index (χ4n) is 2.61. The Bertz CT molecular complexity index is 390. The van der Waals surface area contributed by atoms with Gasteiger partial charge in [-0.2, -0.15) is 0 Å². The van der Waals surface area contributed by atoms with Crippen LogP contribution in [0.4, 0.5) is 0 Å². The molecule has 0 atom stereocenters. The Balaban J connectivity index is 1.59. The van der Waals surface area contributed by atoms with Gasteiger partial charge >= 0.3 is 0 Å². The van der Waals surface area contributed by atoms with Gasteiger partial charge in [0.15, 0.2) is 0 Å². The first-order valence-corrected chi connectivity index (χ1v) is 8.14. The molecule has 20 heavy (non-hydrogen) atoms. The SMILES string of the molecule is COCCN(C)CCNC1CC(c2ccc(Br)cc2)C1. The fraction of sp³-hybridized carbons (Fsp3) is 0.625. The van der Waals surface area contributed by atoms with Crippen LogP contribution >= 0.6 is 15.9 Å². The molecule has 0 aromatic heterocycles. The van der Waals surface area contributed by atoms with Crippen LogP contribution in [0.15, 0.2) is 28.7 Å². The summed E-state index contributed by atoms with van der Waals surface area (Å²) in [6, 6.07) is 9.45. The number of likely N-dealkylation sites (N-methyl/N-ethyl adjacent to an activating group) is 1. The summed E-state index contributed by atoms with van der Waals surface area (Å²) in [7, 11) is 3.90. The van der Waals surface area contributed by atoms with E-state index in [9.17, 15) is 0 Å². The number of halogens is 1. The molecule has 1 aromatic carbocycles. The molecule has 1 N–H and O–H groups in total. The van der Waals surface area contributed by atoms with Crippen LogP contribution in [-0.2, 0) is 4.74 Å². The quantitative estimate of drug-likeness (QED) is 0.787. The van der Waals surface area contributed by atoms with Crippen LogP contribution in [0.3, 0.4) is 0 Å². The van der Waals surface area contributed by atoms with Gasteiger partial charge < -0.3 is 15.0 Å². The summed E-state index contributed by atoms with van der Waals surface area (Å²) in [5, 5.41) is 3.65. The molecule has 0 aliphatic heterocycles. The monoisotopic (exact) mass is 340 g/mol. The maximum absolute atomic E-state index is 5.08. The third-order valence-corrected chi connectivity index (χ3v) is 4.61.